The van der Waals surface area contributed by atoms with Crippen molar-refractivity contribution >= 4 is 28.7 Å². The molecule has 7 nitrogen and oxygen atoms in total. The van der Waals surface area contributed by atoms with E-state index in [-0.39, 0.29) is 5.95 Å². The molecule has 1 aromatic heterocycles. The summed E-state index contributed by atoms with van der Waals surface area (Å²) in [5.74, 6) is 1.06. The molecule has 4 rings (SSSR count). The molecule has 7 heteroatoms. The largest absolute Gasteiger partial charge is 0.399 e. The van der Waals surface area contributed by atoms with Crippen LogP contribution >= 0.6 is 0 Å². The molecule has 0 fully saturated rings. The van der Waals surface area contributed by atoms with Gasteiger partial charge in [0.05, 0.1) is 12.2 Å². The van der Waals surface area contributed by atoms with Gasteiger partial charge >= 0.3 is 0 Å². The molecule has 0 atom stereocenters. The first-order valence-electron chi connectivity index (χ1n) is 8.19. The van der Waals surface area contributed by atoms with Gasteiger partial charge in [0, 0.05) is 12.7 Å². The lowest BCUT2D eigenvalue weighted by Crippen LogP contribution is -2.38. The summed E-state index contributed by atoms with van der Waals surface area (Å²) in [6.07, 6.45) is 7.06. The maximum absolute atomic E-state index is 5.98. The van der Waals surface area contributed by atoms with Crippen LogP contribution in [0.15, 0.2) is 36.4 Å². The zero-order valence-corrected chi connectivity index (χ0v) is 14.3. The Kier molecular flexibility index (Phi) is 3.58. The van der Waals surface area contributed by atoms with Gasteiger partial charge in [-0.3, -0.25) is 10.4 Å². The van der Waals surface area contributed by atoms with Gasteiger partial charge in [-0.1, -0.05) is 30.4 Å². The van der Waals surface area contributed by atoms with Crippen LogP contribution in [0.5, 0.6) is 0 Å². The third kappa shape index (κ3) is 2.68. The monoisotopic (exact) mass is 335 g/mol. The summed E-state index contributed by atoms with van der Waals surface area (Å²) in [5, 5.41) is 3.96. The lowest BCUT2D eigenvalue weighted by Gasteiger charge is -2.25. The van der Waals surface area contributed by atoms with Gasteiger partial charge in [-0.2, -0.15) is 4.98 Å². The van der Waals surface area contributed by atoms with Gasteiger partial charge < -0.3 is 11.5 Å². The maximum Gasteiger partial charge on any atom is 0.222 e. The minimum atomic E-state index is 0.275. The molecule has 0 unspecified atom stereocenters. The number of hydrazine groups is 2. The van der Waals surface area contributed by atoms with Crippen molar-refractivity contribution in [2.24, 2.45) is 0 Å². The highest BCUT2D eigenvalue weighted by molar-refractivity contribution is 5.85. The van der Waals surface area contributed by atoms with E-state index in [0.29, 0.717) is 6.54 Å². The SMILES string of the molecule is Cc1cc(CN2c3nc(N)nc(C4=CC=CC4)c3NN2C)ccc1N. The number of anilines is 4. The Morgan fingerprint density at radius 1 is 1.24 bits per heavy atom. The highest BCUT2D eigenvalue weighted by Crippen LogP contribution is 2.39. The number of nitrogens with two attached hydrogens (primary N) is 2. The Morgan fingerprint density at radius 2 is 2.08 bits per heavy atom. The topological polar surface area (TPSA) is 96.3 Å². The van der Waals surface area contributed by atoms with Crippen molar-refractivity contribution in [1.82, 2.24) is 15.1 Å². The number of nitrogens with one attached hydrogen (secondary N) is 1. The van der Waals surface area contributed by atoms with E-state index in [0.717, 1.165) is 46.0 Å². The maximum atomic E-state index is 5.98. The van der Waals surface area contributed by atoms with Crippen molar-refractivity contribution in [1.29, 1.82) is 0 Å². The number of hydrogen-bond acceptors (Lipinski definition) is 7. The van der Waals surface area contributed by atoms with Crippen LogP contribution in [0.2, 0.25) is 0 Å². The smallest absolute Gasteiger partial charge is 0.222 e. The van der Waals surface area contributed by atoms with Crippen LogP contribution in [0.3, 0.4) is 0 Å². The minimum absolute atomic E-state index is 0.275. The number of allylic oxidation sites excluding steroid dienone is 4. The molecule has 1 aliphatic carbocycles. The Morgan fingerprint density at radius 3 is 2.80 bits per heavy atom. The average Bonchev–Trinajstić information content (AvgIpc) is 3.20. The second kappa shape index (κ2) is 5.78. The molecule has 0 spiro atoms. The summed E-state index contributed by atoms with van der Waals surface area (Å²) in [6, 6.07) is 6.06. The predicted molar refractivity (Wildman–Crippen MR) is 101 cm³/mol. The molecule has 2 aliphatic rings. The van der Waals surface area contributed by atoms with Gasteiger partial charge in [0.15, 0.2) is 5.82 Å². The van der Waals surface area contributed by atoms with Crippen LogP contribution in [0, 0.1) is 6.92 Å². The highest BCUT2D eigenvalue weighted by Gasteiger charge is 2.30. The molecule has 1 aromatic carbocycles. The molecule has 25 heavy (non-hydrogen) atoms. The second-order valence-electron chi connectivity index (χ2n) is 6.34. The van der Waals surface area contributed by atoms with E-state index in [9.17, 15) is 0 Å². The second-order valence-corrected chi connectivity index (χ2v) is 6.34. The van der Waals surface area contributed by atoms with Gasteiger partial charge in [0.2, 0.25) is 5.95 Å². The molecular weight excluding hydrogens is 314 g/mol. The number of nitrogens with zero attached hydrogens (tertiary/aromatic N) is 4. The first kappa shape index (κ1) is 15.5. The van der Waals surface area contributed by atoms with Crippen molar-refractivity contribution in [2.45, 2.75) is 19.9 Å². The predicted octanol–water partition coefficient (Wildman–Crippen LogP) is 2.49. The Labute approximate surface area is 146 Å². The molecule has 0 amide bonds. The van der Waals surface area contributed by atoms with E-state index in [2.05, 4.69) is 33.6 Å². The van der Waals surface area contributed by atoms with Crippen LogP contribution in [0.4, 0.5) is 23.1 Å². The molecule has 1 aliphatic heterocycles. The Hall–Kier alpha value is -3.06. The molecule has 2 aromatic rings. The molecule has 0 saturated heterocycles. The van der Waals surface area contributed by atoms with Gasteiger partial charge in [0.25, 0.3) is 0 Å². The van der Waals surface area contributed by atoms with E-state index in [1.54, 1.807) is 0 Å². The van der Waals surface area contributed by atoms with Crippen molar-refractivity contribution in [2.75, 3.05) is 28.9 Å². The fourth-order valence-electron chi connectivity index (χ4n) is 3.16. The van der Waals surface area contributed by atoms with E-state index >= 15 is 0 Å². The summed E-state index contributed by atoms with van der Waals surface area (Å²) < 4.78 is 0. The van der Waals surface area contributed by atoms with Gasteiger partial charge in [-0.15, -0.1) is 5.12 Å². The van der Waals surface area contributed by atoms with Crippen molar-refractivity contribution in [3.05, 3.63) is 53.2 Å². The van der Waals surface area contributed by atoms with Crippen LogP contribution < -0.4 is 21.9 Å². The van der Waals surface area contributed by atoms with Gasteiger partial charge in [0.1, 0.15) is 5.69 Å². The lowest BCUT2D eigenvalue weighted by atomic mass is 10.1. The highest BCUT2D eigenvalue weighted by atomic mass is 15.8. The van der Waals surface area contributed by atoms with Crippen LogP contribution in [0.1, 0.15) is 23.2 Å². The molecule has 128 valence electrons. The van der Waals surface area contributed by atoms with Crippen LogP contribution in [0.25, 0.3) is 5.57 Å². The van der Waals surface area contributed by atoms with Crippen LogP contribution in [-0.2, 0) is 6.54 Å². The number of nitrogen functional groups attached to an aromatic ring is 2. The van der Waals surface area contributed by atoms with E-state index in [1.165, 1.54) is 0 Å². The van der Waals surface area contributed by atoms with Crippen molar-refractivity contribution in [3.63, 3.8) is 0 Å². The summed E-state index contributed by atoms with van der Waals surface area (Å²) in [7, 11) is 1.95. The van der Waals surface area contributed by atoms with Gasteiger partial charge in [-0.05, 0) is 36.1 Å². The minimum Gasteiger partial charge on any atom is -0.399 e. The number of rotatable bonds is 3. The van der Waals surface area contributed by atoms with E-state index < -0.39 is 0 Å². The first-order chi connectivity index (χ1) is 12.0. The summed E-state index contributed by atoms with van der Waals surface area (Å²) in [6.45, 7) is 2.67. The normalized spacial score (nSPS) is 16.1. The zero-order chi connectivity index (χ0) is 17.6. The number of benzene rings is 1. The number of aromatic nitrogens is 2. The molecule has 0 radical (unpaired) electrons. The zero-order valence-electron chi connectivity index (χ0n) is 14.3. The van der Waals surface area contributed by atoms with Gasteiger partial charge in [-0.25, -0.2) is 4.98 Å². The lowest BCUT2D eigenvalue weighted by molar-refractivity contribution is 0.379. The molecule has 0 bridgehead atoms. The standard InChI is InChI=1S/C18H21N7/c1-11-9-12(7-8-14(11)19)10-25-17-16(23-24(25)2)15(21-18(20)22-17)13-5-3-4-6-13/h3-5,7-9,23H,6,10,19H2,1-2H3,(H2,20,21,22). The van der Waals surface area contributed by atoms with E-state index in [1.807, 2.05) is 42.3 Å². The third-order valence-corrected chi connectivity index (χ3v) is 4.53. The summed E-state index contributed by atoms with van der Waals surface area (Å²) in [4.78, 5) is 8.92. The fraction of sp³-hybridized carbons (Fsp3) is 0.222. The third-order valence-electron chi connectivity index (χ3n) is 4.53. The quantitative estimate of drug-likeness (QED) is 0.742. The first-order valence-corrected chi connectivity index (χ1v) is 8.19. The molecular formula is C18H21N7. The number of aryl methyl sites for hydroxylation is 1. The Bertz CT molecular complexity index is 901. The average molecular weight is 335 g/mol. The van der Waals surface area contributed by atoms with Crippen LogP contribution in [-0.4, -0.2) is 22.1 Å². The summed E-state index contributed by atoms with van der Waals surface area (Å²) >= 11 is 0. The number of fused-ring (bicyclic) bond motifs is 1. The van der Waals surface area contributed by atoms with Crippen molar-refractivity contribution < 1.29 is 0 Å². The fourth-order valence-corrected chi connectivity index (χ4v) is 3.16. The van der Waals surface area contributed by atoms with E-state index in [4.69, 9.17) is 11.5 Å². The van der Waals surface area contributed by atoms with Crippen molar-refractivity contribution in [3.8, 4) is 0 Å². The molecule has 5 N–H and O–H groups in total. The Balaban J connectivity index is 1.72. The number of hydrogen-bond donors (Lipinski definition) is 3. The molecule has 0 saturated carbocycles. The summed E-state index contributed by atoms with van der Waals surface area (Å²) in [5.41, 5.74) is 21.2. The molecule has 2 heterocycles.